The number of piperidine rings is 2. The predicted octanol–water partition coefficient (Wildman–Crippen LogP) is 2.74. The highest BCUT2D eigenvalue weighted by Gasteiger charge is 2.29. The molecule has 2 aliphatic heterocycles. The maximum atomic E-state index is 3.87. The van der Waals surface area contributed by atoms with E-state index in [9.17, 15) is 0 Å². The molecule has 2 rings (SSSR count). The van der Waals surface area contributed by atoms with Crippen LogP contribution in [0.3, 0.4) is 0 Å². The van der Waals surface area contributed by atoms with Crippen molar-refractivity contribution in [3.05, 3.63) is 11.6 Å². The third kappa shape index (κ3) is 5.72. The summed E-state index contributed by atoms with van der Waals surface area (Å²) < 4.78 is 0. The number of nitrogens with one attached hydrogen (secondary N) is 1. The maximum absolute atomic E-state index is 3.87. The number of likely N-dealkylation sites (tertiary alicyclic amines) is 2. The Labute approximate surface area is 131 Å². The van der Waals surface area contributed by atoms with Crippen molar-refractivity contribution in [1.82, 2.24) is 15.1 Å². The lowest BCUT2D eigenvalue weighted by Gasteiger charge is -2.40. The highest BCUT2D eigenvalue weighted by Crippen LogP contribution is 2.29. The van der Waals surface area contributed by atoms with Gasteiger partial charge in [0.2, 0.25) is 0 Å². The first-order valence-corrected chi connectivity index (χ1v) is 8.74. The third-order valence-electron chi connectivity index (χ3n) is 5.36. The van der Waals surface area contributed by atoms with Gasteiger partial charge in [-0.25, -0.2) is 0 Å². The molecule has 0 amide bonds. The Kier molecular flexibility index (Phi) is 6.27. The van der Waals surface area contributed by atoms with E-state index in [2.05, 4.69) is 49.0 Å². The van der Waals surface area contributed by atoms with Gasteiger partial charge in [0.25, 0.3) is 0 Å². The van der Waals surface area contributed by atoms with Gasteiger partial charge in [0.1, 0.15) is 0 Å². The van der Waals surface area contributed by atoms with Crippen molar-refractivity contribution in [3.8, 4) is 0 Å². The second kappa shape index (κ2) is 7.75. The SMILES string of the molecule is CC(C)=CCN1CCC(NCC2(C)CCN(C)CC2)CC1. The average Bonchev–Trinajstić information content (AvgIpc) is 2.48. The highest BCUT2D eigenvalue weighted by molar-refractivity contribution is 4.96. The Hall–Kier alpha value is -0.380. The van der Waals surface area contributed by atoms with E-state index in [-0.39, 0.29) is 0 Å². The molecule has 0 unspecified atom stereocenters. The third-order valence-corrected chi connectivity index (χ3v) is 5.36. The van der Waals surface area contributed by atoms with E-state index < -0.39 is 0 Å². The van der Waals surface area contributed by atoms with Gasteiger partial charge in [-0.1, -0.05) is 18.6 Å². The summed E-state index contributed by atoms with van der Waals surface area (Å²) in [7, 11) is 2.25. The first kappa shape index (κ1) is 17.0. The van der Waals surface area contributed by atoms with Crippen LogP contribution in [0.2, 0.25) is 0 Å². The van der Waals surface area contributed by atoms with Crippen LogP contribution in [0, 0.1) is 5.41 Å². The molecular weight excluding hydrogens is 258 g/mol. The summed E-state index contributed by atoms with van der Waals surface area (Å²) in [4.78, 5) is 5.05. The number of allylic oxidation sites excluding steroid dienone is 1. The van der Waals surface area contributed by atoms with E-state index in [4.69, 9.17) is 0 Å². The molecule has 2 saturated heterocycles. The van der Waals surface area contributed by atoms with Crippen LogP contribution >= 0.6 is 0 Å². The van der Waals surface area contributed by atoms with Gasteiger partial charge in [-0.3, -0.25) is 4.90 Å². The minimum absolute atomic E-state index is 0.520. The maximum Gasteiger partial charge on any atom is 0.0165 e. The second-order valence-electron chi connectivity index (χ2n) is 7.85. The molecule has 0 aromatic heterocycles. The van der Waals surface area contributed by atoms with Crippen LogP contribution in [0.1, 0.15) is 46.5 Å². The van der Waals surface area contributed by atoms with E-state index >= 15 is 0 Å². The molecule has 21 heavy (non-hydrogen) atoms. The van der Waals surface area contributed by atoms with Gasteiger partial charge in [0.05, 0.1) is 0 Å². The molecule has 0 atom stereocenters. The zero-order valence-electron chi connectivity index (χ0n) is 14.6. The summed E-state index contributed by atoms with van der Waals surface area (Å²) in [6.07, 6.45) is 7.67. The van der Waals surface area contributed by atoms with Crippen molar-refractivity contribution in [3.63, 3.8) is 0 Å². The Balaban J connectivity index is 1.66. The fraction of sp³-hybridized carbons (Fsp3) is 0.889. The topological polar surface area (TPSA) is 18.5 Å². The van der Waals surface area contributed by atoms with Crippen molar-refractivity contribution >= 4 is 0 Å². The molecule has 2 fully saturated rings. The van der Waals surface area contributed by atoms with Crippen molar-refractivity contribution in [2.45, 2.75) is 52.5 Å². The van der Waals surface area contributed by atoms with E-state index in [0.29, 0.717) is 5.41 Å². The number of nitrogens with zero attached hydrogens (tertiary/aromatic N) is 2. The van der Waals surface area contributed by atoms with E-state index in [1.807, 2.05) is 0 Å². The fourth-order valence-electron chi connectivity index (χ4n) is 3.36. The van der Waals surface area contributed by atoms with Crippen molar-refractivity contribution in [2.24, 2.45) is 5.41 Å². The average molecular weight is 293 g/mol. The lowest BCUT2D eigenvalue weighted by Crippen LogP contribution is -2.48. The molecule has 0 aliphatic carbocycles. The van der Waals surface area contributed by atoms with Gasteiger partial charge in [-0.15, -0.1) is 0 Å². The Morgan fingerprint density at radius 1 is 1.14 bits per heavy atom. The molecule has 0 radical (unpaired) electrons. The van der Waals surface area contributed by atoms with Gasteiger partial charge >= 0.3 is 0 Å². The van der Waals surface area contributed by atoms with Gasteiger partial charge in [0.15, 0.2) is 0 Å². The minimum atomic E-state index is 0.520. The second-order valence-corrected chi connectivity index (χ2v) is 7.85. The van der Waals surface area contributed by atoms with Crippen LogP contribution < -0.4 is 5.32 Å². The zero-order chi connectivity index (χ0) is 15.3. The van der Waals surface area contributed by atoms with Crippen molar-refractivity contribution < 1.29 is 0 Å². The Morgan fingerprint density at radius 2 is 1.76 bits per heavy atom. The monoisotopic (exact) mass is 293 g/mol. The largest absolute Gasteiger partial charge is 0.313 e. The lowest BCUT2D eigenvalue weighted by molar-refractivity contribution is 0.125. The smallest absolute Gasteiger partial charge is 0.0165 e. The first-order chi connectivity index (χ1) is 9.97. The first-order valence-electron chi connectivity index (χ1n) is 8.74. The Morgan fingerprint density at radius 3 is 2.33 bits per heavy atom. The molecule has 2 heterocycles. The molecule has 0 aromatic rings. The summed E-state index contributed by atoms with van der Waals surface area (Å²) in [6, 6.07) is 0.740. The molecule has 0 aromatic carbocycles. The van der Waals surface area contributed by atoms with Crippen LogP contribution in [0.4, 0.5) is 0 Å². The normalized spacial score (nSPS) is 25.0. The minimum Gasteiger partial charge on any atom is -0.313 e. The number of rotatable bonds is 5. The molecular formula is C18H35N3. The van der Waals surface area contributed by atoms with Crippen LogP contribution in [-0.2, 0) is 0 Å². The van der Waals surface area contributed by atoms with Gasteiger partial charge in [0, 0.05) is 19.1 Å². The zero-order valence-corrected chi connectivity index (χ0v) is 14.6. The van der Waals surface area contributed by atoms with Crippen LogP contribution in [0.15, 0.2) is 11.6 Å². The summed E-state index contributed by atoms with van der Waals surface area (Å²) in [5.41, 5.74) is 1.96. The predicted molar refractivity (Wildman–Crippen MR) is 91.7 cm³/mol. The lowest BCUT2D eigenvalue weighted by atomic mass is 9.80. The Bertz CT molecular complexity index is 330. The number of hydrogen-bond acceptors (Lipinski definition) is 3. The quantitative estimate of drug-likeness (QED) is 0.786. The van der Waals surface area contributed by atoms with E-state index in [1.165, 1.54) is 64.0 Å². The fourth-order valence-corrected chi connectivity index (χ4v) is 3.36. The van der Waals surface area contributed by atoms with Gasteiger partial charge in [-0.2, -0.15) is 0 Å². The molecule has 1 N–H and O–H groups in total. The molecule has 2 aliphatic rings. The van der Waals surface area contributed by atoms with Crippen LogP contribution in [0.5, 0.6) is 0 Å². The van der Waals surface area contributed by atoms with Gasteiger partial charge < -0.3 is 10.2 Å². The summed E-state index contributed by atoms with van der Waals surface area (Å²) in [5, 5.41) is 3.87. The molecule has 122 valence electrons. The molecule has 0 saturated carbocycles. The molecule has 3 heteroatoms. The van der Waals surface area contributed by atoms with Crippen molar-refractivity contribution in [1.29, 1.82) is 0 Å². The standard InChI is InChI=1S/C18H35N3/c1-16(2)5-10-21-11-6-17(7-12-21)19-15-18(3)8-13-20(4)14-9-18/h5,17,19H,6-15H2,1-4H3. The summed E-state index contributed by atoms with van der Waals surface area (Å²) in [5.74, 6) is 0. The van der Waals surface area contributed by atoms with Crippen LogP contribution in [-0.4, -0.2) is 62.2 Å². The molecule has 0 spiro atoms. The van der Waals surface area contributed by atoms with Crippen molar-refractivity contribution in [2.75, 3.05) is 46.3 Å². The van der Waals surface area contributed by atoms with E-state index in [0.717, 1.165) is 12.6 Å². The van der Waals surface area contributed by atoms with E-state index in [1.54, 1.807) is 0 Å². The van der Waals surface area contributed by atoms with Gasteiger partial charge in [-0.05, 0) is 78.2 Å². The van der Waals surface area contributed by atoms with Crippen LogP contribution in [0.25, 0.3) is 0 Å². The summed E-state index contributed by atoms with van der Waals surface area (Å²) in [6.45, 7) is 14.2. The molecule has 0 bridgehead atoms. The highest BCUT2D eigenvalue weighted by atomic mass is 15.1. The molecule has 3 nitrogen and oxygen atoms in total. The number of hydrogen-bond donors (Lipinski definition) is 1. The summed E-state index contributed by atoms with van der Waals surface area (Å²) >= 11 is 0.